The second kappa shape index (κ2) is 9.42. The first-order valence-corrected chi connectivity index (χ1v) is 7.93. The molecule has 1 saturated heterocycles. The van der Waals surface area contributed by atoms with Crippen LogP contribution in [-0.4, -0.2) is 56.8 Å². The lowest BCUT2D eigenvalue weighted by Gasteiger charge is -2.26. The van der Waals surface area contributed by atoms with E-state index >= 15 is 0 Å². The lowest BCUT2D eigenvalue weighted by atomic mass is 10.1. The quantitative estimate of drug-likeness (QED) is 0.448. The van der Waals surface area contributed by atoms with E-state index in [4.69, 9.17) is 10.5 Å². The lowest BCUT2D eigenvalue weighted by molar-refractivity contribution is 0.0377. The van der Waals surface area contributed by atoms with E-state index in [0.29, 0.717) is 31.0 Å². The van der Waals surface area contributed by atoms with Gasteiger partial charge in [-0.05, 0) is 24.5 Å². The summed E-state index contributed by atoms with van der Waals surface area (Å²) in [6, 6.07) is 3.59. The van der Waals surface area contributed by atoms with Crippen LogP contribution < -0.4 is 11.1 Å². The largest absolute Gasteiger partial charge is 0.379 e. The molecule has 0 spiro atoms. The monoisotopic (exact) mass is 326 g/mol. The van der Waals surface area contributed by atoms with Crippen molar-refractivity contribution in [2.45, 2.75) is 12.8 Å². The standard InChI is InChI=1S/C16H24F2N4O/c17-14-3-2-13(15(18)12-14)4-6-21-16(19)20-5-1-7-22-8-10-23-11-9-22/h2-3,12H,1,4-11H2,(H3,19,20,21). The molecule has 2 rings (SSSR count). The van der Waals surface area contributed by atoms with Crippen molar-refractivity contribution in [2.75, 3.05) is 45.9 Å². The van der Waals surface area contributed by atoms with E-state index < -0.39 is 11.6 Å². The summed E-state index contributed by atoms with van der Waals surface area (Å²) in [4.78, 5) is 6.60. The molecule has 1 aromatic rings. The number of rotatable bonds is 7. The number of nitrogens with two attached hydrogens (primary N) is 1. The molecule has 1 aromatic carbocycles. The molecule has 0 saturated carbocycles. The molecule has 23 heavy (non-hydrogen) atoms. The molecule has 0 radical (unpaired) electrons. The normalized spacial score (nSPS) is 16.5. The third kappa shape index (κ3) is 6.50. The van der Waals surface area contributed by atoms with Crippen molar-refractivity contribution in [3.63, 3.8) is 0 Å². The molecule has 5 nitrogen and oxygen atoms in total. The average Bonchev–Trinajstić information content (AvgIpc) is 2.55. The molecule has 0 amide bonds. The second-order valence-electron chi connectivity index (χ2n) is 5.49. The van der Waals surface area contributed by atoms with Gasteiger partial charge in [-0.1, -0.05) is 6.07 Å². The van der Waals surface area contributed by atoms with Crippen LogP contribution in [0.1, 0.15) is 12.0 Å². The van der Waals surface area contributed by atoms with Gasteiger partial charge in [0.1, 0.15) is 11.6 Å². The Kier molecular flexibility index (Phi) is 7.22. The van der Waals surface area contributed by atoms with Gasteiger partial charge in [-0.3, -0.25) is 9.89 Å². The highest BCUT2D eigenvalue weighted by atomic mass is 19.1. The fourth-order valence-corrected chi connectivity index (χ4v) is 2.42. The molecule has 128 valence electrons. The summed E-state index contributed by atoms with van der Waals surface area (Å²) >= 11 is 0. The molecule has 3 N–H and O–H groups in total. The maximum atomic E-state index is 13.5. The van der Waals surface area contributed by atoms with Crippen LogP contribution in [0.15, 0.2) is 23.2 Å². The molecule has 1 aliphatic rings. The van der Waals surface area contributed by atoms with Crippen molar-refractivity contribution >= 4 is 5.96 Å². The number of nitrogens with zero attached hydrogens (tertiary/aromatic N) is 2. The Bertz CT molecular complexity index is 519. The molecule has 1 fully saturated rings. The van der Waals surface area contributed by atoms with Crippen molar-refractivity contribution in [1.82, 2.24) is 10.2 Å². The summed E-state index contributed by atoms with van der Waals surface area (Å²) in [6.07, 6.45) is 1.37. The van der Waals surface area contributed by atoms with Gasteiger partial charge in [0.05, 0.1) is 13.2 Å². The van der Waals surface area contributed by atoms with Gasteiger partial charge in [-0.15, -0.1) is 0 Å². The fraction of sp³-hybridized carbons (Fsp3) is 0.562. The van der Waals surface area contributed by atoms with Crippen LogP contribution in [0.25, 0.3) is 0 Å². The average molecular weight is 326 g/mol. The SMILES string of the molecule is NC(=NCCCN1CCOCC1)NCCc1ccc(F)cc1F. The van der Waals surface area contributed by atoms with Crippen molar-refractivity contribution < 1.29 is 13.5 Å². The molecule has 0 aromatic heterocycles. The van der Waals surface area contributed by atoms with E-state index in [2.05, 4.69) is 15.2 Å². The third-order valence-corrected chi connectivity index (χ3v) is 3.73. The number of hydrogen-bond donors (Lipinski definition) is 2. The van der Waals surface area contributed by atoms with E-state index in [9.17, 15) is 8.78 Å². The molecule has 0 unspecified atom stereocenters. The van der Waals surface area contributed by atoms with Crippen molar-refractivity contribution in [3.8, 4) is 0 Å². The van der Waals surface area contributed by atoms with Gasteiger partial charge in [0, 0.05) is 38.8 Å². The zero-order valence-electron chi connectivity index (χ0n) is 13.2. The Morgan fingerprint density at radius 2 is 2.09 bits per heavy atom. The summed E-state index contributed by atoms with van der Waals surface area (Å²) in [5.41, 5.74) is 6.23. The van der Waals surface area contributed by atoms with Crippen LogP contribution in [0.4, 0.5) is 8.78 Å². The number of hydrogen-bond acceptors (Lipinski definition) is 3. The van der Waals surface area contributed by atoms with Crippen LogP contribution >= 0.6 is 0 Å². The van der Waals surface area contributed by atoms with E-state index in [1.807, 2.05) is 0 Å². The molecule has 1 heterocycles. The summed E-state index contributed by atoms with van der Waals surface area (Å²) in [5, 5.41) is 2.95. The van der Waals surface area contributed by atoms with Crippen molar-refractivity contribution in [1.29, 1.82) is 0 Å². The predicted molar refractivity (Wildman–Crippen MR) is 86.4 cm³/mol. The van der Waals surface area contributed by atoms with E-state index in [-0.39, 0.29) is 0 Å². The summed E-state index contributed by atoms with van der Waals surface area (Å²) < 4.78 is 31.6. The van der Waals surface area contributed by atoms with E-state index in [0.717, 1.165) is 45.3 Å². The molecule has 1 aliphatic heterocycles. The minimum absolute atomic E-state index is 0.356. The zero-order chi connectivity index (χ0) is 16.5. The number of aliphatic imine (C=N–C) groups is 1. The lowest BCUT2D eigenvalue weighted by Crippen LogP contribution is -2.37. The molecular weight excluding hydrogens is 302 g/mol. The van der Waals surface area contributed by atoms with Gasteiger partial charge in [0.25, 0.3) is 0 Å². The van der Waals surface area contributed by atoms with Gasteiger partial charge in [-0.25, -0.2) is 8.78 Å². The van der Waals surface area contributed by atoms with Crippen LogP contribution in [0.5, 0.6) is 0 Å². The first-order valence-electron chi connectivity index (χ1n) is 7.93. The van der Waals surface area contributed by atoms with Crippen molar-refractivity contribution in [3.05, 3.63) is 35.4 Å². The molecule has 0 bridgehead atoms. The summed E-state index contributed by atoms with van der Waals surface area (Å²) in [7, 11) is 0. The maximum absolute atomic E-state index is 13.5. The first kappa shape index (κ1) is 17.6. The van der Waals surface area contributed by atoms with E-state index in [1.54, 1.807) is 0 Å². The minimum Gasteiger partial charge on any atom is -0.379 e. The Labute approximate surface area is 135 Å². The van der Waals surface area contributed by atoms with Gasteiger partial charge in [-0.2, -0.15) is 0 Å². The highest BCUT2D eigenvalue weighted by Gasteiger charge is 2.09. The molecule has 0 atom stereocenters. The second-order valence-corrected chi connectivity index (χ2v) is 5.49. The van der Waals surface area contributed by atoms with Gasteiger partial charge >= 0.3 is 0 Å². The number of halogens is 2. The maximum Gasteiger partial charge on any atom is 0.188 e. The highest BCUT2D eigenvalue weighted by Crippen LogP contribution is 2.09. The molecule has 0 aliphatic carbocycles. The summed E-state index contributed by atoms with van der Waals surface area (Å²) in [5.74, 6) is -0.747. The number of nitrogens with one attached hydrogen (secondary N) is 1. The number of ether oxygens (including phenoxy) is 1. The number of benzene rings is 1. The van der Waals surface area contributed by atoms with Crippen LogP contribution in [0.3, 0.4) is 0 Å². The van der Waals surface area contributed by atoms with Crippen LogP contribution in [-0.2, 0) is 11.2 Å². The van der Waals surface area contributed by atoms with Gasteiger partial charge < -0.3 is 15.8 Å². The van der Waals surface area contributed by atoms with Crippen LogP contribution in [0.2, 0.25) is 0 Å². The predicted octanol–water partition coefficient (Wildman–Crippen LogP) is 1.13. The number of morpholine rings is 1. The van der Waals surface area contributed by atoms with Gasteiger partial charge in [0.2, 0.25) is 0 Å². The molecular formula is C16H24F2N4O. The fourth-order valence-electron chi connectivity index (χ4n) is 2.42. The Hall–Kier alpha value is -1.73. The smallest absolute Gasteiger partial charge is 0.188 e. The summed E-state index contributed by atoms with van der Waals surface area (Å²) in [6.45, 7) is 5.64. The Morgan fingerprint density at radius 1 is 1.30 bits per heavy atom. The molecule has 7 heteroatoms. The Morgan fingerprint density at radius 3 is 2.83 bits per heavy atom. The van der Waals surface area contributed by atoms with Crippen LogP contribution in [0, 0.1) is 11.6 Å². The first-order chi connectivity index (χ1) is 11.1. The van der Waals surface area contributed by atoms with Gasteiger partial charge in [0.15, 0.2) is 5.96 Å². The number of guanidine groups is 1. The minimum atomic E-state index is -0.569. The topological polar surface area (TPSA) is 62.9 Å². The van der Waals surface area contributed by atoms with E-state index in [1.165, 1.54) is 12.1 Å². The Balaban J connectivity index is 1.60. The zero-order valence-corrected chi connectivity index (χ0v) is 13.2. The van der Waals surface area contributed by atoms with Crippen molar-refractivity contribution in [2.24, 2.45) is 10.7 Å². The highest BCUT2D eigenvalue weighted by molar-refractivity contribution is 5.77. The third-order valence-electron chi connectivity index (χ3n) is 3.73.